The van der Waals surface area contributed by atoms with Gasteiger partial charge in [-0.3, -0.25) is 0 Å². The maximum Gasteiger partial charge on any atom is 0.0511 e. The van der Waals surface area contributed by atoms with E-state index in [4.69, 9.17) is 5.73 Å². The molecule has 1 saturated heterocycles. The molecule has 2 N–H and O–H groups in total. The number of halogens is 1. The van der Waals surface area contributed by atoms with Crippen molar-refractivity contribution in [1.29, 1.82) is 0 Å². The number of hydrogen-bond acceptors (Lipinski definition) is 3. The quantitative estimate of drug-likeness (QED) is 0.923. The van der Waals surface area contributed by atoms with Gasteiger partial charge in [0.1, 0.15) is 0 Å². The molecule has 2 unspecified atom stereocenters. The van der Waals surface area contributed by atoms with E-state index in [0.29, 0.717) is 0 Å². The fraction of sp³-hybridized carbons (Fsp3) is 0.571. The van der Waals surface area contributed by atoms with Crippen LogP contribution in [0.3, 0.4) is 0 Å². The Balaban J connectivity index is 2.13. The zero-order chi connectivity index (χ0) is 13.1. The van der Waals surface area contributed by atoms with Crippen molar-refractivity contribution in [2.75, 3.05) is 23.7 Å². The van der Waals surface area contributed by atoms with E-state index in [0.717, 1.165) is 24.8 Å². The molecule has 2 rings (SSSR count). The zero-order valence-electron chi connectivity index (χ0n) is 11.0. The first-order chi connectivity index (χ1) is 8.56. The second-order valence-corrected chi connectivity index (χ2v) is 7.50. The van der Waals surface area contributed by atoms with Crippen molar-refractivity contribution < 1.29 is 0 Å². The molecule has 0 amide bonds. The molecule has 2 nitrogen and oxygen atoms in total. The van der Waals surface area contributed by atoms with Crippen LogP contribution in [0, 0.1) is 0 Å². The summed E-state index contributed by atoms with van der Waals surface area (Å²) in [6, 6.07) is 6.86. The highest BCUT2D eigenvalue weighted by Crippen LogP contribution is 2.31. The molecule has 4 heteroatoms. The minimum atomic E-state index is 0.217. The van der Waals surface area contributed by atoms with Gasteiger partial charge in [-0.2, -0.15) is 11.8 Å². The van der Waals surface area contributed by atoms with Gasteiger partial charge < -0.3 is 10.6 Å². The van der Waals surface area contributed by atoms with Crippen molar-refractivity contribution in [3.63, 3.8) is 0 Å². The first kappa shape index (κ1) is 14.2. The molecule has 0 bridgehead atoms. The van der Waals surface area contributed by atoms with E-state index in [-0.39, 0.29) is 6.04 Å². The maximum absolute atomic E-state index is 5.85. The van der Waals surface area contributed by atoms with Crippen molar-refractivity contribution in [2.24, 2.45) is 5.73 Å². The van der Waals surface area contributed by atoms with E-state index in [9.17, 15) is 0 Å². The van der Waals surface area contributed by atoms with Gasteiger partial charge >= 0.3 is 0 Å². The van der Waals surface area contributed by atoms with Crippen molar-refractivity contribution >= 4 is 33.4 Å². The topological polar surface area (TPSA) is 29.3 Å². The molecule has 2 atom stereocenters. The number of hydrogen-bond donors (Lipinski definition) is 1. The minimum Gasteiger partial charge on any atom is -0.369 e. The second kappa shape index (κ2) is 6.31. The van der Waals surface area contributed by atoms with Crippen molar-refractivity contribution in [1.82, 2.24) is 0 Å². The lowest BCUT2D eigenvalue weighted by Gasteiger charge is -2.33. The molecule has 1 aromatic carbocycles. The SMILES string of the molecule is CC(N)Cc1ccc(N2CCSC(C)C2)c(Br)c1. The average molecular weight is 329 g/mol. The van der Waals surface area contributed by atoms with E-state index in [2.05, 4.69) is 57.7 Å². The van der Waals surface area contributed by atoms with Gasteiger partial charge in [-0.15, -0.1) is 0 Å². The van der Waals surface area contributed by atoms with Crippen LogP contribution >= 0.6 is 27.7 Å². The summed E-state index contributed by atoms with van der Waals surface area (Å²) in [6.45, 7) is 6.62. The summed E-state index contributed by atoms with van der Waals surface area (Å²) in [6.07, 6.45) is 0.936. The number of nitrogens with zero attached hydrogens (tertiary/aromatic N) is 1. The molecule has 1 aliphatic rings. The van der Waals surface area contributed by atoms with E-state index in [1.54, 1.807) is 0 Å². The van der Waals surface area contributed by atoms with Gasteiger partial charge in [-0.05, 0) is 47.0 Å². The number of benzene rings is 1. The summed E-state index contributed by atoms with van der Waals surface area (Å²) < 4.78 is 1.19. The average Bonchev–Trinajstić information content (AvgIpc) is 2.28. The van der Waals surface area contributed by atoms with Crippen LogP contribution in [0.25, 0.3) is 0 Å². The van der Waals surface area contributed by atoms with E-state index in [1.807, 2.05) is 6.92 Å². The Hall–Kier alpha value is -0.190. The lowest BCUT2D eigenvalue weighted by atomic mass is 10.1. The highest BCUT2D eigenvalue weighted by molar-refractivity contribution is 9.10. The number of thioether (sulfide) groups is 1. The van der Waals surface area contributed by atoms with Crippen LogP contribution in [0.1, 0.15) is 19.4 Å². The number of anilines is 1. The molecule has 0 spiro atoms. The molecule has 18 heavy (non-hydrogen) atoms. The Morgan fingerprint density at radius 2 is 2.33 bits per heavy atom. The van der Waals surface area contributed by atoms with Gasteiger partial charge in [0.05, 0.1) is 5.69 Å². The third-order valence-corrected chi connectivity index (χ3v) is 4.92. The molecule has 0 radical (unpaired) electrons. The van der Waals surface area contributed by atoms with Gasteiger partial charge in [0.15, 0.2) is 0 Å². The number of nitrogens with two attached hydrogens (primary N) is 1. The smallest absolute Gasteiger partial charge is 0.0511 e. The van der Waals surface area contributed by atoms with Gasteiger partial charge in [-0.1, -0.05) is 13.0 Å². The molecule has 0 saturated carbocycles. The maximum atomic E-state index is 5.85. The van der Waals surface area contributed by atoms with Crippen LogP contribution < -0.4 is 10.6 Å². The van der Waals surface area contributed by atoms with E-state index < -0.39 is 0 Å². The Labute approximate surface area is 122 Å². The predicted molar refractivity (Wildman–Crippen MR) is 85.6 cm³/mol. The summed E-state index contributed by atoms with van der Waals surface area (Å²) in [7, 11) is 0. The Kier molecular flexibility index (Phi) is 4.98. The molecule has 1 heterocycles. The summed E-state index contributed by atoms with van der Waals surface area (Å²) >= 11 is 5.76. The lowest BCUT2D eigenvalue weighted by Crippen LogP contribution is -2.36. The standard InChI is InChI=1S/C14H21BrN2S/c1-10(16)7-12-3-4-14(13(15)8-12)17-5-6-18-11(2)9-17/h3-4,8,10-11H,5-7,9,16H2,1-2H3. The summed E-state index contributed by atoms with van der Waals surface area (Å²) in [4.78, 5) is 2.47. The summed E-state index contributed by atoms with van der Waals surface area (Å²) in [5.74, 6) is 1.22. The van der Waals surface area contributed by atoms with Crippen molar-refractivity contribution in [2.45, 2.75) is 31.6 Å². The zero-order valence-corrected chi connectivity index (χ0v) is 13.4. The highest BCUT2D eigenvalue weighted by Gasteiger charge is 2.18. The molecular formula is C14H21BrN2S. The van der Waals surface area contributed by atoms with Gasteiger partial charge in [0.2, 0.25) is 0 Å². The van der Waals surface area contributed by atoms with Crippen molar-refractivity contribution in [3.8, 4) is 0 Å². The molecule has 1 aliphatic heterocycles. The monoisotopic (exact) mass is 328 g/mol. The van der Waals surface area contributed by atoms with Crippen LogP contribution in [-0.4, -0.2) is 30.1 Å². The Morgan fingerprint density at radius 1 is 1.56 bits per heavy atom. The molecule has 0 aliphatic carbocycles. The third-order valence-electron chi connectivity index (χ3n) is 3.15. The molecule has 100 valence electrons. The number of rotatable bonds is 3. The second-order valence-electron chi connectivity index (χ2n) is 5.09. The van der Waals surface area contributed by atoms with Crippen LogP contribution in [0.4, 0.5) is 5.69 Å². The normalized spacial score (nSPS) is 22.0. The third kappa shape index (κ3) is 3.65. The first-order valence-electron chi connectivity index (χ1n) is 6.47. The van der Waals surface area contributed by atoms with E-state index >= 15 is 0 Å². The molecule has 0 aromatic heterocycles. The van der Waals surface area contributed by atoms with Crippen LogP contribution in [-0.2, 0) is 6.42 Å². The van der Waals surface area contributed by atoms with E-state index in [1.165, 1.54) is 21.5 Å². The highest BCUT2D eigenvalue weighted by atomic mass is 79.9. The van der Waals surface area contributed by atoms with Crippen LogP contribution in [0.15, 0.2) is 22.7 Å². The predicted octanol–water partition coefficient (Wildman–Crippen LogP) is 3.28. The Morgan fingerprint density at radius 3 is 2.94 bits per heavy atom. The minimum absolute atomic E-state index is 0.217. The van der Waals surface area contributed by atoms with Gasteiger partial charge in [-0.25, -0.2) is 0 Å². The van der Waals surface area contributed by atoms with Crippen molar-refractivity contribution in [3.05, 3.63) is 28.2 Å². The summed E-state index contributed by atoms with van der Waals surface area (Å²) in [5, 5.41) is 0.717. The Bertz CT molecular complexity index is 409. The summed E-state index contributed by atoms with van der Waals surface area (Å²) in [5.41, 5.74) is 8.47. The van der Waals surface area contributed by atoms with Crippen LogP contribution in [0.2, 0.25) is 0 Å². The van der Waals surface area contributed by atoms with Gasteiger partial charge in [0.25, 0.3) is 0 Å². The molecule has 1 aromatic rings. The largest absolute Gasteiger partial charge is 0.369 e. The van der Waals surface area contributed by atoms with Gasteiger partial charge in [0, 0.05) is 34.6 Å². The molecule has 1 fully saturated rings. The lowest BCUT2D eigenvalue weighted by molar-refractivity contribution is 0.736. The molecular weight excluding hydrogens is 308 g/mol. The van der Waals surface area contributed by atoms with Crippen LogP contribution in [0.5, 0.6) is 0 Å². The first-order valence-corrected chi connectivity index (χ1v) is 8.31. The fourth-order valence-electron chi connectivity index (χ4n) is 2.34. The fourth-order valence-corrected chi connectivity index (χ4v) is 4.03.